The Morgan fingerprint density at radius 1 is 0.672 bits per heavy atom. The number of fused-ring (bicyclic) bond motifs is 2. The molecular formula is C56H46N8O3. The summed E-state index contributed by atoms with van der Waals surface area (Å²) >= 11 is 0. The van der Waals surface area contributed by atoms with Gasteiger partial charge in [0.25, 0.3) is 5.91 Å². The molecule has 0 saturated carbocycles. The van der Waals surface area contributed by atoms with Gasteiger partial charge in [0, 0.05) is 52.0 Å². The number of benzene rings is 5. The third-order valence-corrected chi connectivity index (χ3v) is 11.9. The van der Waals surface area contributed by atoms with E-state index in [1.807, 2.05) is 152 Å². The molecule has 4 aromatic heterocycles. The second-order valence-corrected chi connectivity index (χ2v) is 17.3. The molecule has 0 fully saturated rings. The highest BCUT2D eigenvalue weighted by molar-refractivity contribution is 6.06. The van der Waals surface area contributed by atoms with Gasteiger partial charge in [0.1, 0.15) is 23.6 Å². The summed E-state index contributed by atoms with van der Waals surface area (Å²) in [5.74, 6) is -0.303. The van der Waals surface area contributed by atoms with E-state index in [0.29, 0.717) is 45.3 Å². The average Bonchev–Trinajstić information content (AvgIpc) is 3.36. The van der Waals surface area contributed by atoms with Crippen molar-refractivity contribution < 1.29 is 14.7 Å². The highest BCUT2D eigenvalue weighted by atomic mass is 16.4. The molecule has 0 saturated heterocycles. The Bertz CT molecular complexity index is 3330. The van der Waals surface area contributed by atoms with Gasteiger partial charge >= 0.3 is 6.09 Å². The van der Waals surface area contributed by atoms with Crippen LogP contribution in [0.2, 0.25) is 0 Å². The van der Waals surface area contributed by atoms with Gasteiger partial charge in [-0.2, -0.15) is 5.26 Å². The third-order valence-electron chi connectivity index (χ3n) is 11.9. The fourth-order valence-corrected chi connectivity index (χ4v) is 8.44. The monoisotopic (exact) mass is 878 g/mol. The van der Waals surface area contributed by atoms with Gasteiger partial charge in [-0.3, -0.25) is 14.7 Å². The van der Waals surface area contributed by atoms with Crippen molar-refractivity contribution >= 4 is 33.8 Å². The maximum Gasteiger partial charge on any atom is 0.409 e. The molecule has 5 aromatic carbocycles. The molecule has 0 aliphatic rings. The number of nitrogens with two attached hydrogens (primary N) is 1. The maximum absolute atomic E-state index is 13.5. The summed E-state index contributed by atoms with van der Waals surface area (Å²) in [6, 6.07) is 52.6. The molecule has 4 N–H and O–H groups in total. The van der Waals surface area contributed by atoms with E-state index in [0.717, 1.165) is 55.8 Å². The predicted octanol–water partition coefficient (Wildman–Crippen LogP) is 11.5. The molecule has 67 heavy (non-hydrogen) atoms. The number of nitrogens with zero attached hydrogens (tertiary/aromatic N) is 6. The molecule has 0 radical (unpaired) electrons. The molecule has 9 aromatic rings. The van der Waals surface area contributed by atoms with Gasteiger partial charge in [-0.1, -0.05) is 154 Å². The van der Waals surface area contributed by atoms with Crippen LogP contribution >= 0.6 is 0 Å². The fourth-order valence-electron chi connectivity index (χ4n) is 8.44. The molecule has 2 amide bonds. The topological polar surface area (TPSA) is 171 Å². The zero-order valence-electron chi connectivity index (χ0n) is 37.2. The molecule has 0 spiro atoms. The number of carbonyl (C=O) groups excluding carboxylic acids is 1. The lowest BCUT2D eigenvalue weighted by Crippen LogP contribution is -2.38. The lowest BCUT2D eigenvalue weighted by molar-refractivity contribution is 0.0947. The Morgan fingerprint density at radius 2 is 1.25 bits per heavy atom. The summed E-state index contributed by atoms with van der Waals surface area (Å²) in [5, 5.41) is 24.8. The number of aromatic nitrogens is 4. The smallest absolute Gasteiger partial charge is 0.409 e. The summed E-state index contributed by atoms with van der Waals surface area (Å²) in [4.78, 5) is 46.8. The van der Waals surface area contributed by atoms with Crippen LogP contribution in [0.1, 0.15) is 65.4 Å². The first kappa shape index (κ1) is 43.7. The SMILES string of the molecule is CC(C)(C)c1cc(CN(C(=O)O)C(N)c2ccc(-c3nc4ccnc(C(=O)NCc5ccccc5)c4cc3-c3ccccc3)cc2)ccc1-c1nc2ccnc(C#N)c2cc1-c1ccccc1. The van der Waals surface area contributed by atoms with E-state index in [1.165, 1.54) is 4.90 Å². The van der Waals surface area contributed by atoms with Crippen LogP contribution in [0.25, 0.3) is 66.6 Å². The van der Waals surface area contributed by atoms with Crippen molar-refractivity contribution in [3.8, 4) is 50.8 Å². The highest BCUT2D eigenvalue weighted by Crippen LogP contribution is 2.40. The zero-order chi connectivity index (χ0) is 46.7. The average molecular weight is 879 g/mol. The highest BCUT2D eigenvalue weighted by Gasteiger charge is 2.27. The normalized spacial score (nSPS) is 11.8. The van der Waals surface area contributed by atoms with Gasteiger partial charge in [0.2, 0.25) is 0 Å². The van der Waals surface area contributed by atoms with Crippen molar-refractivity contribution in [1.82, 2.24) is 30.2 Å². The van der Waals surface area contributed by atoms with Crippen molar-refractivity contribution in [3.63, 3.8) is 0 Å². The van der Waals surface area contributed by atoms with Gasteiger partial charge in [-0.25, -0.2) is 19.7 Å². The van der Waals surface area contributed by atoms with Crippen molar-refractivity contribution in [3.05, 3.63) is 204 Å². The van der Waals surface area contributed by atoms with Crippen LogP contribution in [-0.4, -0.2) is 41.9 Å². The van der Waals surface area contributed by atoms with Crippen molar-refractivity contribution in [2.45, 2.75) is 45.4 Å². The number of nitrogens with one attached hydrogen (secondary N) is 1. The quantitative estimate of drug-likeness (QED) is 0.107. The van der Waals surface area contributed by atoms with E-state index in [2.05, 4.69) is 42.1 Å². The first-order chi connectivity index (χ1) is 32.5. The number of rotatable bonds is 11. The first-order valence-electron chi connectivity index (χ1n) is 21.9. The van der Waals surface area contributed by atoms with Gasteiger partial charge in [-0.15, -0.1) is 0 Å². The van der Waals surface area contributed by atoms with Crippen LogP contribution in [0.5, 0.6) is 0 Å². The molecular weight excluding hydrogens is 833 g/mol. The van der Waals surface area contributed by atoms with Gasteiger partial charge in [0.05, 0.1) is 29.0 Å². The lowest BCUT2D eigenvalue weighted by Gasteiger charge is -2.29. The number of nitriles is 1. The van der Waals surface area contributed by atoms with E-state index < -0.39 is 12.3 Å². The maximum atomic E-state index is 13.5. The number of amides is 2. The van der Waals surface area contributed by atoms with Crippen molar-refractivity contribution in [1.29, 1.82) is 5.26 Å². The summed E-state index contributed by atoms with van der Waals surface area (Å²) in [6.07, 6.45) is 1.02. The molecule has 11 heteroatoms. The Hall–Kier alpha value is -8.59. The minimum atomic E-state index is -1.16. The summed E-state index contributed by atoms with van der Waals surface area (Å²) < 4.78 is 0. The first-order valence-corrected chi connectivity index (χ1v) is 21.9. The number of carbonyl (C=O) groups is 2. The minimum Gasteiger partial charge on any atom is -0.465 e. The Labute approximate surface area is 388 Å². The molecule has 0 aliphatic heterocycles. The van der Waals surface area contributed by atoms with E-state index in [9.17, 15) is 20.0 Å². The van der Waals surface area contributed by atoms with Crippen LogP contribution in [0.15, 0.2) is 170 Å². The molecule has 0 aliphatic carbocycles. The Morgan fingerprint density at radius 3 is 1.88 bits per heavy atom. The predicted molar refractivity (Wildman–Crippen MR) is 262 cm³/mol. The number of carboxylic acid groups (broad SMARTS) is 1. The molecule has 11 nitrogen and oxygen atoms in total. The second kappa shape index (κ2) is 18.5. The zero-order valence-corrected chi connectivity index (χ0v) is 37.2. The lowest BCUT2D eigenvalue weighted by atomic mass is 9.80. The van der Waals surface area contributed by atoms with Gasteiger partial charge in [0.15, 0.2) is 0 Å². The number of hydrogen-bond donors (Lipinski definition) is 3. The van der Waals surface area contributed by atoms with Crippen molar-refractivity contribution in [2.75, 3.05) is 0 Å². The third kappa shape index (κ3) is 9.07. The summed E-state index contributed by atoms with van der Waals surface area (Å²) in [7, 11) is 0. The molecule has 4 heterocycles. The summed E-state index contributed by atoms with van der Waals surface area (Å²) in [5.41, 5.74) is 18.2. The van der Waals surface area contributed by atoms with Gasteiger partial charge in [-0.05, 0) is 63.1 Å². The van der Waals surface area contributed by atoms with E-state index in [4.69, 9.17) is 15.7 Å². The summed E-state index contributed by atoms with van der Waals surface area (Å²) in [6.45, 7) is 6.73. The molecule has 328 valence electrons. The van der Waals surface area contributed by atoms with Crippen LogP contribution in [0, 0.1) is 11.3 Å². The van der Waals surface area contributed by atoms with Crippen LogP contribution < -0.4 is 11.1 Å². The van der Waals surface area contributed by atoms with Crippen LogP contribution in [0.4, 0.5) is 4.79 Å². The minimum absolute atomic E-state index is 0.0230. The van der Waals surface area contributed by atoms with E-state index in [-0.39, 0.29) is 23.6 Å². The van der Waals surface area contributed by atoms with E-state index in [1.54, 1.807) is 18.5 Å². The molecule has 1 atom stereocenters. The number of hydrogen-bond acceptors (Lipinski definition) is 8. The Kier molecular flexibility index (Phi) is 12.0. The van der Waals surface area contributed by atoms with Crippen LogP contribution in [-0.2, 0) is 18.5 Å². The second-order valence-electron chi connectivity index (χ2n) is 17.3. The van der Waals surface area contributed by atoms with Crippen molar-refractivity contribution in [2.24, 2.45) is 5.73 Å². The largest absolute Gasteiger partial charge is 0.465 e. The fraction of sp³-hybridized carbons (Fsp3) is 0.125. The molecule has 0 bridgehead atoms. The Balaban J connectivity index is 1.03. The van der Waals surface area contributed by atoms with Gasteiger partial charge < -0.3 is 16.2 Å². The standard InChI is InChI=1S/C56H46N8O3/c1-56(2,3)46-29-36(19-24-41(46)51-43(38-17-11-6-12-18-38)30-44-47(63-51)25-27-59-49(44)32-57)34-64(55(66)67)53(58)40-22-20-39(21-23-40)50-42(37-15-9-5-10-16-37)31-45-48(62-50)26-28-60-52(45)54(65)61-33-35-13-7-4-8-14-35/h4-31,53H,33-34,58H2,1-3H3,(H,61,65)(H,66,67). The van der Waals surface area contributed by atoms with E-state index >= 15 is 0 Å². The number of pyridine rings is 4. The molecule has 1 unspecified atom stereocenters. The molecule has 9 rings (SSSR count). The van der Waals surface area contributed by atoms with Crippen LogP contribution in [0.3, 0.4) is 0 Å².